The van der Waals surface area contributed by atoms with E-state index in [1.54, 1.807) is 0 Å². The standard InChI is InChI=1S/C25H26N6O/c1-15-10-22(31-16-4-7-21(28-11-16)25(8-9-25)14-26-2)29-12-18(15)17-5-6-20(27-3)23-19(17)13-30-24(23)32/h4-7,10-12,14,27H,8-9,13H2,1-3H3,(H,29,31)(H,30,32)/b26-14-. The molecule has 1 aliphatic heterocycles. The minimum absolute atomic E-state index is 0.0309. The lowest BCUT2D eigenvalue weighted by Crippen LogP contribution is -2.13. The fourth-order valence-electron chi connectivity index (χ4n) is 4.46. The zero-order valence-electron chi connectivity index (χ0n) is 18.5. The molecule has 0 bridgehead atoms. The Hall–Kier alpha value is -3.74. The predicted molar refractivity (Wildman–Crippen MR) is 128 cm³/mol. The number of benzene rings is 1. The Kier molecular flexibility index (Phi) is 4.89. The third-order valence-corrected chi connectivity index (χ3v) is 6.35. The molecule has 1 aromatic carbocycles. The molecular formula is C25H26N6O. The van der Waals surface area contributed by atoms with E-state index in [0.717, 1.165) is 63.5 Å². The zero-order valence-corrected chi connectivity index (χ0v) is 18.5. The maximum atomic E-state index is 12.3. The number of nitrogens with one attached hydrogen (secondary N) is 3. The number of rotatable bonds is 6. The number of fused-ring (bicyclic) bond motifs is 1. The number of carbonyl (C=O) groups is 1. The van der Waals surface area contributed by atoms with Gasteiger partial charge in [0.25, 0.3) is 5.91 Å². The Labute approximate surface area is 187 Å². The van der Waals surface area contributed by atoms with Crippen LogP contribution in [0.3, 0.4) is 0 Å². The number of nitrogens with zero attached hydrogens (tertiary/aromatic N) is 3. The van der Waals surface area contributed by atoms with Crippen molar-refractivity contribution in [2.24, 2.45) is 4.99 Å². The minimum atomic E-state index is -0.0377. The molecule has 0 saturated heterocycles. The van der Waals surface area contributed by atoms with Gasteiger partial charge in [0.2, 0.25) is 0 Å². The molecule has 7 heteroatoms. The van der Waals surface area contributed by atoms with E-state index >= 15 is 0 Å². The lowest BCUT2D eigenvalue weighted by molar-refractivity contribution is 0.0966. The van der Waals surface area contributed by atoms with Crippen LogP contribution in [-0.4, -0.2) is 36.2 Å². The fourth-order valence-corrected chi connectivity index (χ4v) is 4.46. The number of aliphatic imine (C=N–C) groups is 1. The highest BCUT2D eigenvalue weighted by atomic mass is 16.1. The minimum Gasteiger partial charge on any atom is -0.387 e. The summed E-state index contributed by atoms with van der Waals surface area (Å²) >= 11 is 0. The first kappa shape index (κ1) is 20.2. The van der Waals surface area contributed by atoms with E-state index in [1.807, 2.05) is 50.9 Å². The maximum absolute atomic E-state index is 12.3. The number of aryl methyl sites for hydroxylation is 1. The van der Waals surface area contributed by atoms with Crippen molar-refractivity contribution in [1.29, 1.82) is 0 Å². The van der Waals surface area contributed by atoms with Gasteiger partial charge in [-0.1, -0.05) is 6.07 Å². The van der Waals surface area contributed by atoms with Crippen LogP contribution in [0.1, 0.15) is 40.0 Å². The summed E-state index contributed by atoms with van der Waals surface area (Å²) < 4.78 is 0. The summed E-state index contributed by atoms with van der Waals surface area (Å²) in [5.74, 6) is 0.721. The number of hydrogen-bond acceptors (Lipinski definition) is 6. The van der Waals surface area contributed by atoms with Crippen LogP contribution in [0.15, 0.2) is 47.7 Å². The summed E-state index contributed by atoms with van der Waals surface area (Å²) in [6.07, 6.45) is 7.94. The Morgan fingerprint density at radius 2 is 1.97 bits per heavy atom. The SMILES string of the molecule is C/N=C\C1(c2ccc(Nc3cc(C)c(-c4ccc(NC)c5c4CNC5=O)cn3)cn2)CC1. The second kappa shape index (κ2) is 7.75. The van der Waals surface area contributed by atoms with E-state index in [2.05, 4.69) is 50.0 Å². The van der Waals surface area contributed by atoms with Gasteiger partial charge in [0.05, 0.1) is 23.1 Å². The van der Waals surface area contributed by atoms with Crippen molar-refractivity contribution < 1.29 is 4.79 Å². The molecule has 3 heterocycles. The molecule has 0 atom stereocenters. The third kappa shape index (κ3) is 3.39. The number of pyridine rings is 2. The maximum Gasteiger partial charge on any atom is 0.254 e. The molecule has 3 aromatic rings. The van der Waals surface area contributed by atoms with Gasteiger partial charge in [-0.3, -0.25) is 14.8 Å². The largest absolute Gasteiger partial charge is 0.387 e. The van der Waals surface area contributed by atoms with Gasteiger partial charge < -0.3 is 16.0 Å². The monoisotopic (exact) mass is 426 g/mol. The Balaban J connectivity index is 1.40. The molecular weight excluding hydrogens is 400 g/mol. The topological polar surface area (TPSA) is 91.3 Å². The van der Waals surface area contributed by atoms with E-state index in [-0.39, 0.29) is 11.3 Å². The Bertz CT molecular complexity index is 1230. The number of hydrogen-bond donors (Lipinski definition) is 3. The van der Waals surface area contributed by atoms with Crippen molar-refractivity contribution in [2.45, 2.75) is 31.7 Å². The average molecular weight is 427 g/mol. The molecule has 5 rings (SSSR count). The molecule has 1 amide bonds. The molecule has 0 spiro atoms. The van der Waals surface area contributed by atoms with Gasteiger partial charge in [0, 0.05) is 49.7 Å². The second-order valence-corrected chi connectivity index (χ2v) is 8.43. The van der Waals surface area contributed by atoms with Crippen LogP contribution in [0, 0.1) is 6.92 Å². The molecule has 162 valence electrons. The quantitative estimate of drug-likeness (QED) is 0.514. The number of amides is 1. The highest BCUT2D eigenvalue weighted by Crippen LogP contribution is 2.45. The van der Waals surface area contributed by atoms with Gasteiger partial charge in [-0.05, 0) is 60.7 Å². The van der Waals surface area contributed by atoms with Gasteiger partial charge in [0.1, 0.15) is 5.82 Å². The van der Waals surface area contributed by atoms with Crippen LogP contribution < -0.4 is 16.0 Å². The van der Waals surface area contributed by atoms with Gasteiger partial charge in [-0.2, -0.15) is 0 Å². The second-order valence-electron chi connectivity index (χ2n) is 8.43. The van der Waals surface area contributed by atoms with E-state index < -0.39 is 0 Å². The lowest BCUT2D eigenvalue weighted by Gasteiger charge is -2.14. The van der Waals surface area contributed by atoms with Gasteiger partial charge in [0.15, 0.2) is 0 Å². The highest BCUT2D eigenvalue weighted by Gasteiger charge is 2.44. The molecule has 1 aliphatic carbocycles. The van der Waals surface area contributed by atoms with Crippen LogP contribution in [-0.2, 0) is 12.0 Å². The molecule has 2 aromatic heterocycles. The molecule has 32 heavy (non-hydrogen) atoms. The summed E-state index contributed by atoms with van der Waals surface area (Å²) in [5, 5.41) is 9.39. The van der Waals surface area contributed by atoms with E-state index in [0.29, 0.717) is 6.54 Å². The third-order valence-electron chi connectivity index (χ3n) is 6.35. The number of anilines is 3. The Morgan fingerprint density at radius 1 is 1.12 bits per heavy atom. The summed E-state index contributed by atoms with van der Waals surface area (Å²) in [4.78, 5) is 25.8. The van der Waals surface area contributed by atoms with E-state index in [9.17, 15) is 4.79 Å². The summed E-state index contributed by atoms with van der Waals surface area (Å²) in [7, 11) is 3.64. The molecule has 0 unspecified atom stereocenters. The van der Waals surface area contributed by atoms with Gasteiger partial charge in [-0.15, -0.1) is 0 Å². The first-order valence-corrected chi connectivity index (χ1v) is 10.8. The van der Waals surface area contributed by atoms with Crippen molar-refractivity contribution in [3.63, 3.8) is 0 Å². The van der Waals surface area contributed by atoms with Crippen LogP contribution in [0.4, 0.5) is 17.2 Å². The summed E-state index contributed by atoms with van der Waals surface area (Å²) in [6, 6.07) is 10.1. The highest BCUT2D eigenvalue weighted by molar-refractivity contribution is 6.05. The lowest BCUT2D eigenvalue weighted by atomic mass is 9.94. The Morgan fingerprint density at radius 3 is 2.62 bits per heavy atom. The van der Waals surface area contributed by atoms with Gasteiger partial charge in [-0.25, -0.2) is 4.98 Å². The molecule has 1 saturated carbocycles. The zero-order chi connectivity index (χ0) is 22.3. The number of carbonyl (C=O) groups excluding carboxylic acids is 1. The van der Waals surface area contributed by atoms with Crippen LogP contribution in [0.5, 0.6) is 0 Å². The molecule has 2 aliphatic rings. The van der Waals surface area contributed by atoms with Crippen molar-refractivity contribution in [3.8, 4) is 11.1 Å². The molecule has 0 radical (unpaired) electrons. The summed E-state index contributed by atoms with van der Waals surface area (Å²) in [6.45, 7) is 2.59. The van der Waals surface area contributed by atoms with Crippen LogP contribution >= 0.6 is 0 Å². The fraction of sp³-hybridized carbons (Fsp3) is 0.280. The average Bonchev–Trinajstić information content (AvgIpc) is 3.48. The first-order valence-electron chi connectivity index (χ1n) is 10.8. The van der Waals surface area contributed by atoms with E-state index in [1.165, 1.54) is 0 Å². The molecule has 1 fully saturated rings. The summed E-state index contributed by atoms with van der Waals surface area (Å²) in [5.41, 5.74) is 7.71. The van der Waals surface area contributed by atoms with Crippen molar-refractivity contribution >= 4 is 29.3 Å². The van der Waals surface area contributed by atoms with Gasteiger partial charge >= 0.3 is 0 Å². The normalized spacial score (nSPS) is 16.0. The smallest absolute Gasteiger partial charge is 0.254 e. The van der Waals surface area contributed by atoms with Crippen molar-refractivity contribution in [3.05, 3.63) is 65.1 Å². The number of aromatic nitrogens is 2. The van der Waals surface area contributed by atoms with Crippen LogP contribution in [0.25, 0.3) is 11.1 Å². The van der Waals surface area contributed by atoms with E-state index in [4.69, 9.17) is 0 Å². The predicted octanol–water partition coefficient (Wildman–Crippen LogP) is 4.21. The van der Waals surface area contributed by atoms with Crippen molar-refractivity contribution in [2.75, 3.05) is 24.7 Å². The van der Waals surface area contributed by atoms with Crippen LogP contribution in [0.2, 0.25) is 0 Å². The first-order chi connectivity index (χ1) is 15.5. The van der Waals surface area contributed by atoms with Crippen molar-refractivity contribution in [1.82, 2.24) is 15.3 Å². The molecule has 3 N–H and O–H groups in total. The molecule has 7 nitrogen and oxygen atoms in total.